The van der Waals surface area contributed by atoms with Gasteiger partial charge in [-0.25, -0.2) is 0 Å². The molecule has 1 heterocycles. The van der Waals surface area contributed by atoms with E-state index in [1.165, 1.54) is 12.8 Å². The summed E-state index contributed by atoms with van der Waals surface area (Å²) in [6.07, 6.45) is 2.52. The summed E-state index contributed by atoms with van der Waals surface area (Å²) in [5.41, 5.74) is 0. The fourth-order valence-corrected chi connectivity index (χ4v) is 2.71. The SMILES string of the molecule is CC(C)C(=O)N1C(C(C)C)CC2CC21. The molecule has 14 heavy (non-hydrogen) atoms. The molecule has 2 heteroatoms. The fourth-order valence-electron chi connectivity index (χ4n) is 2.71. The summed E-state index contributed by atoms with van der Waals surface area (Å²) in [5, 5.41) is 0. The second-order valence-corrected chi connectivity index (χ2v) is 5.51. The third-order valence-electron chi connectivity index (χ3n) is 3.66. The molecule has 0 spiro atoms. The van der Waals surface area contributed by atoms with Gasteiger partial charge >= 0.3 is 0 Å². The highest BCUT2D eigenvalue weighted by atomic mass is 16.2. The minimum atomic E-state index is 0.163. The molecule has 2 fully saturated rings. The lowest BCUT2D eigenvalue weighted by Gasteiger charge is -2.31. The molecule has 3 atom stereocenters. The first-order valence-corrected chi connectivity index (χ1v) is 5.84. The largest absolute Gasteiger partial charge is 0.336 e. The quantitative estimate of drug-likeness (QED) is 0.662. The van der Waals surface area contributed by atoms with Gasteiger partial charge in [0.2, 0.25) is 5.91 Å². The van der Waals surface area contributed by atoms with Crippen LogP contribution in [0.5, 0.6) is 0 Å². The maximum atomic E-state index is 12.0. The number of amides is 1. The number of likely N-dealkylation sites (tertiary alicyclic amines) is 1. The lowest BCUT2D eigenvalue weighted by Crippen LogP contribution is -2.43. The summed E-state index contributed by atoms with van der Waals surface area (Å²) < 4.78 is 0. The van der Waals surface area contributed by atoms with E-state index in [1.54, 1.807) is 0 Å². The van der Waals surface area contributed by atoms with Gasteiger partial charge in [-0.1, -0.05) is 27.7 Å². The molecule has 0 bridgehead atoms. The minimum Gasteiger partial charge on any atom is -0.336 e. The Morgan fingerprint density at radius 2 is 1.86 bits per heavy atom. The summed E-state index contributed by atoms with van der Waals surface area (Å²) in [4.78, 5) is 14.2. The van der Waals surface area contributed by atoms with Crippen LogP contribution in [-0.2, 0) is 4.79 Å². The number of hydrogen-bond donors (Lipinski definition) is 0. The van der Waals surface area contributed by atoms with Gasteiger partial charge in [0, 0.05) is 18.0 Å². The lowest BCUT2D eigenvalue weighted by atomic mass is 9.98. The molecule has 2 aliphatic rings. The minimum absolute atomic E-state index is 0.163. The third-order valence-corrected chi connectivity index (χ3v) is 3.66. The number of carbonyl (C=O) groups excluding carboxylic acids is 1. The predicted molar refractivity (Wildman–Crippen MR) is 56.8 cm³/mol. The van der Waals surface area contributed by atoms with Gasteiger partial charge in [0.1, 0.15) is 0 Å². The van der Waals surface area contributed by atoms with Crippen LogP contribution in [0.1, 0.15) is 40.5 Å². The summed E-state index contributed by atoms with van der Waals surface area (Å²) in [6.45, 7) is 8.48. The first kappa shape index (κ1) is 10.0. The van der Waals surface area contributed by atoms with Crippen molar-refractivity contribution < 1.29 is 4.79 Å². The number of rotatable bonds is 2. The highest BCUT2D eigenvalue weighted by Gasteiger charge is 2.54. The van der Waals surface area contributed by atoms with E-state index in [1.807, 2.05) is 13.8 Å². The van der Waals surface area contributed by atoms with Crippen LogP contribution in [0.4, 0.5) is 0 Å². The first-order chi connectivity index (χ1) is 6.52. The van der Waals surface area contributed by atoms with Crippen molar-refractivity contribution in [3.8, 4) is 0 Å². The van der Waals surface area contributed by atoms with Crippen LogP contribution in [0.3, 0.4) is 0 Å². The highest BCUT2D eigenvalue weighted by molar-refractivity contribution is 5.79. The zero-order valence-electron chi connectivity index (χ0n) is 9.66. The molecular formula is C12H21NO. The molecule has 0 aromatic carbocycles. The van der Waals surface area contributed by atoms with Gasteiger partial charge in [0.05, 0.1) is 0 Å². The van der Waals surface area contributed by atoms with Gasteiger partial charge in [-0.2, -0.15) is 0 Å². The molecule has 1 saturated carbocycles. The van der Waals surface area contributed by atoms with E-state index in [0.717, 1.165) is 5.92 Å². The topological polar surface area (TPSA) is 20.3 Å². The van der Waals surface area contributed by atoms with Crippen molar-refractivity contribution in [2.45, 2.75) is 52.6 Å². The van der Waals surface area contributed by atoms with E-state index in [-0.39, 0.29) is 5.92 Å². The normalized spacial score (nSPS) is 35.3. The van der Waals surface area contributed by atoms with Gasteiger partial charge in [0.15, 0.2) is 0 Å². The second kappa shape index (κ2) is 3.25. The Kier molecular flexibility index (Phi) is 2.32. The molecule has 1 aliphatic carbocycles. The monoisotopic (exact) mass is 195 g/mol. The smallest absolute Gasteiger partial charge is 0.225 e. The average Bonchev–Trinajstić information content (AvgIpc) is 2.76. The van der Waals surface area contributed by atoms with Crippen LogP contribution in [-0.4, -0.2) is 22.9 Å². The van der Waals surface area contributed by atoms with E-state index in [9.17, 15) is 4.79 Å². The van der Waals surface area contributed by atoms with E-state index >= 15 is 0 Å². The Bertz CT molecular complexity index is 247. The van der Waals surface area contributed by atoms with Gasteiger partial charge < -0.3 is 4.90 Å². The van der Waals surface area contributed by atoms with Gasteiger partial charge in [-0.3, -0.25) is 4.79 Å². The Labute approximate surface area is 86.7 Å². The zero-order chi connectivity index (χ0) is 10.5. The van der Waals surface area contributed by atoms with Gasteiger partial charge in [0.25, 0.3) is 0 Å². The molecule has 0 N–H and O–H groups in total. The highest BCUT2D eigenvalue weighted by Crippen LogP contribution is 2.49. The molecule has 3 unspecified atom stereocenters. The number of carbonyl (C=O) groups is 1. The maximum absolute atomic E-state index is 12.0. The molecule has 0 aromatic rings. The van der Waals surface area contributed by atoms with Crippen molar-refractivity contribution in [1.29, 1.82) is 0 Å². The van der Waals surface area contributed by atoms with Crippen molar-refractivity contribution >= 4 is 5.91 Å². The zero-order valence-corrected chi connectivity index (χ0v) is 9.66. The maximum Gasteiger partial charge on any atom is 0.225 e. The van der Waals surface area contributed by atoms with Crippen molar-refractivity contribution in [3.63, 3.8) is 0 Å². The Balaban J connectivity index is 2.11. The summed E-state index contributed by atoms with van der Waals surface area (Å²) >= 11 is 0. The number of piperidine rings is 1. The third kappa shape index (κ3) is 1.45. The molecule has 1 aliphatic heterocycles. The van der Waals surface area contributed by atoms with E-state index in [4.69, 9.17) is 0 Å². The van der Waals surface area contributed by atoms with E-state index < -0.39 is 0 Å². The molecule has 1 saturated heterocycles. The van der Waals surface area contributed by atoms with Crippen LogP contribution in [0.15, 0.2) is 0 Å². The van der Waals surface area contributed by atoms with Gasteiger partial charge in [-0.15, -0.1) is 0 Å². The van der Waals surface area contributed by atoms with Crippen LogP contribution in [0, 0.1) is 17.8 Å². The molecule has 0 radical (unpaired) electrons. The number of hydrogen-bond acceptors (Lipinski definition) is 1. The first-order valence-electron chi connectivity index (χ1n) is 5.84. The Morgan fingerprint density at radius 1 is 1.21 bits per heavy atom. The molecule has 80 valence electrons. The van der Waals surface area contributed by atoms with Crippen molar-refractivity contribution in [1.82, 2.24) is 4.90 Å². The molecular weight excluding hydrogens is 174 g/mol. The molecule has 1 amide bonds. The second-order valence-electron chi connectivity index (χ2n) is 5.51. The van der Waals surface area contributed by atoms with Gasteiger partial charge in [-0.05, 0) is 24.7 Å². The van der Waals surface area contributed by atoms with Crippen LogP contribution >= 0.6 is 0 Å². The average molecular weight is 195 g/mol. The van der Waals surface area contributed by atoms with Crippen LogP contribution < -0.4 is 0 Å². The number of fused-ring (bicyclic) bond motifs is 1. The summed E-state index contributed by atoms with van der Waals surface area (Å²) in [5.74, 6) is 1.99. The van der Waals surface area contributed by atoms with Crippen molar-refractivity contribution in [2.24, 2.45) is 17.8 Å². The number of nitrogens with zero attached hydrogens (tertiary/aromatic N) is 1. The van der Waals surface area contributed by atoms with Crippen molar-refractivity contribution in [3.05, 3.63) is 0 Å². The lowest BCUT2D eigenvalue weighted by molar-refractivity contribution is -0.137. The van der Waals surface area contributed by atoms with Crippen LogP contribution in [0.25, 0.3) is 0 Å². The molecule has 0 aromatic heterocycles. The predicted octanol–water partition coefficient (Wildman–Crippen LogP) is 2.29. The van der Waals surface area contributed by atoms with Crippen LogP contribution in [0.2, 0.25) is 0 Å². The van der Waals surface area contributed by atoms with Crippen molar-refractivity contribution in [2.75, 3.05) is 0 Å². The molecule has 2 nitrogen and oxygen atoms in total. The Hall–Kier alpha value is -0.530. The fraction of sp³-hybridized carbons (Fsp3) is 0.917. The summed E-state index contributed by atoms with van der Waals surface area (Å²) in [7, 11) is 0. The summed E-state index contributed by atoms with van der Waals surface area (Å²) in [6, 6.07) is 1.13. The van der Waals surface area contributed by atoms with E-state index in [2.05, 4.69) is 18.7 Å². The molecule has 2 rings (SSSR count). The Morgan fingerprint density at radius 3 is 2.36 bits per heavy atom. The standard InChI is InChI=1S/C12H21NO/c1-7(2)10-5-9-6-11(9)13(10)12(14)8(3)4/h7-11H,5-6H2,1-4H3. The van der Waals surface area contributed by atoms with E-state index in [0.29, 0.717) is 23.9 Å².